The second-order valence-corrected chi connectivity index (χ2v) is 9.82. The smallest absolute Gasteiger partial charge is 0.254 e. The van der Waals surface area contributed by atoms with Gasteiger partial charge >= 0.3 is 0 Å². The Labute approximate surface area is 214 Å². The summed E-state index contributed by atoms with van der Waals surface area (Å²) in [5.74, 6) is 1.51. The number of thiophene rings is 1. The highest BCUT2D eigenvalue weighted by Crippen LogP contribution is 2.35. The number of carbonyl (C=O) groups excluding carboxylic acids is 2. The van der Waals surface area contributed by atoms with Crippen molar-refractivity contribution in [2.75, 3.05) is 33.0 Å². The highest BCUT2D eigenvalue weighted by molar-refractivity contribution is 7.10. The van der Waals surface area contributed by atoms with Gasteiger partial charge in [0.05, 0.1) is 6.04 Å². The maximum atomic E-state index is 13.6. The summed E-state index contributed by atoms with van der Waals surface area (Å²) < 4.78 is 16.9. The lowest BCUT2D eigenvalue weighted by molar-refractivity contribution is -0.135. The first-order valence-electron chi connectivity index (χ1n) is 11.9. The third kappa shape index (κ3) is 4.95. The van der Waals surface area contributed by atoms with Crippen molar-refractivity contribution >= 4 is 23.2 Å². The number of hydrogen-bond donors (Lipinski definition) is 0. The van der Waals surface area contributed by atoms with Gasteiger partial charge in [0.2, 0.25) is 12.7 Å². The van der Waals surface area contributed by atoms with E-state index in [0.717, 1.165) is 23.3 Å². The third-order valence-electron chi connectivity index (χ3n) is 6.43. The molecule has 2 aromatic carbocycles. The van der Waals surface area contributed by atoms with Gasteiger partial charge in [0, 0.05) is 23.5 Å². The molecule has 0 aliphatic carbocycles. The van der Waals surface area contributed by atoms with Crippen molar-refractivity contribution < 1.29 is 23.8 Å². The molecule has 0 bridgehead atoms. The lowest BCUT2D eigenvalue weighted by Gasteiger charge is -2.37. The first-order valence-corrected chi connectivity index (χ1v) is 12.8. The normalized spacial score (nSPS) is 15.8. The highest BCUT2D eigenvalue weighted by atomic mass is 32.1. The van der Waals surface area contributed by atoms with Gasteiger partial charge in [-0.15, -0.1) is 17.9 Å². The van der Waals surface area contributed by atoms with E-state index in [2.05, 4.69) is 18.0 Å². The van der Waals surface area contributed by atoms with Crippen molar-refractivity contribution in [3.8, 4) is 17.2 Å². The molecule has 3 aromatic rings. The predicted octanol–water partition coefficient (Wildman–Crippen LogP) is 4.62. The van der Waals surface area contributed by atoms with Gasteiger partial charge in [-0.2, -0.15) is 0 Å². The lowest BCUT2D eigenvalue weighted by Crippen LogP contribution is -2.47. The lowest BCUT2D eigenvalue weighted by atomic mass is 10.0. The summed E-state index contributed by atoms with van der Waals surface area (Å²) in [5, 5.41) is 2.06. The highest BCUT2D eigenvalue weighted by Gasteiger charge is 2.33. The van der Waals surface area contributed by atoms with Crippen LogP contribution in [0.1, 0.15) is 32.4 Å². The van der Waals surface area contributed by atoms with Crippen LogP contribution in [0.15, 0.2) is 66.6 Å². The number of carbonyl (C=O) groups is 2. The monoisotopic (exact) mass is 504 g/mol. The summed E-state index contributed by atoms with van der Waals surface area (Å²) in [4.78, 5) is 31.5. The van der Waals surface area contributed by atoms with Gasteiger partial charge in [-0.25, -0.2) is 0 Å². The molecule has 0 unspecified atom stereocenters. The standard InChI is InChI=1S/C28H28N2O5S/c1-3-12-29(28(32)20-6-9-24-25(15-20)35-18-34-24)16-27(31)30-13-10-26-22(11-14-36-26)23(30)17-33-21-7-4-19(2)5-8-21/h3-9,11,14-15,23H,1,10,12-13,16-18H2,2H3/t23-/m0/s1. The van der Waals surface area contributed by atoms with Crippen LogP contribution in [-0.2, 0) is 11.2 Å². The van der Waals surface area contributed by atoms with Crippen molar-refractivity contribution in [2.45, 2.75) is 19.4 Å². The van der Waals surface area contributed by atoms with Crippen LogP contribution in [0.2, 0.25) is 0 Å². The van der Waals surface area contributed by atoms with E-state index >= 15 is 0 Å². The fourth-order valence-corrected chi connectivity index (χ4v) is 5.45. The Hall–Kier alpha value is -3.78. The zero-order chi connectivity index (χ0) is 25.1. The van der Waals surface area contributed by atoms with Gasteiger partial charge in [-0.05, 0) is 60.7 Å². The van der Waals surface area contributed by atoms with Crippen molar-refractivity contribution in [3.63, 3.8) is 0 Å². The summed E-state index contributed by atoms with van der Waals surface area (Å²) >= 11 is 1.71. The summed E-state index contributed by atoms with van der Waals surface area (Å²) in [6, 6.07) is 14.8. The van der Waals surface area contributed by atoms with Crippen molar-refractivity contribution in [1.82, 2.24) is 9.80 Å². The van der Waals surface area contributed by atoms with Crippen molar-refractivity contribution in [3.05, 3.63) is 88.1 Å². The molecule has 1 aromatic heterocycles. The first-order chi connectivity index (χ1) is 17.5. The molecule has 186 valence electrons. The molecule has 0 spiro atoms. The van der Waals surface area contributed by atoms with Gasteiger partial charge in [0.25, 0.3) is 5.91 Å². The summed E-state index contributed by atoms with van der Waals surface area (Å²) in [6.45, 7) is 7.06. The zero-order valence-electron chi connectivity index (χ0n) is 20.1. The Morgan fingerprint density at radius 2 is 1.97 bits per heavy atom. The van der Waals surface area contributed by atoms with E-state index in [1.807, 2.05) is 36.1 Å². The number of nitrogens with zero attached hydrogens (tertiary/aromatic N) is 2. The van der Waals surface area contributed by atoms with Crippen LogP contribution in [0.25, 0.3) is 0 Å². The first kappa shape index (κ1) is 23.9. The summed E-state index contributed by atoms with van der Waals surface area (Å²) in [6.07, 6.45) is 2.42. The average molecular weight is 505 g/mol. The molecule has 8 heteroatoms. The summed E-state index contributed by atoms with van der Waals surface area (Å²) in [7, 11) is 0. The second-order valence-electron chi connectivity index (χ2n) is 8.82. The molecule has 3 heterocycles. The number of amides is 2. The predicted molar refractivity (Wildman–Crippen MR) is 138 cm³/mol. The molecule has 5 rings (SSSR count). The molecular formula is C28H28N2O5S. The second kappa shape index (κ2) is 10.5. The van der Waals surface area contributed by atoms with E-state index in [-0.39, 0.29) is 37.7 Å². The Morgan fingerprint density at radius 3 is 2.78 bits per heavy atom. The van der Waals surface area contributed by atoms with E-state index in [1.165, 1.54) is 9.78 Å². The molecule has 0 saturated heterocycles. The molecule has 0 radical (unpaired) electrons. The molecule has 2 aliphatic rings. The maximum absolute atomic E-state index is 13.6. The van der Waals surface area contributed by atoms with E-state index in [1.54, 1.807) is 35.6 Å². The fraction of sp³-hybridized carbons (Fsp3) is 0.286. The molecule has 1 atom stereocenters. The SMILES string of the molecule is C=CCN(CC(=O)N1CCc2sccc2[C@@H]1COc1ccc(C)cc1)C(=O)c1ccc2c(c1)OCO2. The number of rotatable bonds is 8. The molecule has 7 nitrogen and oxygen atoms in total. The van der Waals surface area contributed by atoms with E-state index < -0.39 is 0 Å². The van der Waals surface area contributed by atoms with Crippen LogP contribution in [0.4, 0.5) is 0 Å². The molecule has 0 fully saturated rings. The molecular weight excluding hydrogens is 476 g/mol. The molecule has 0 saturated carbocycles. The minimum Gasteiger partial charge on any atom is -0.491 e. The maximum Gasteiger partial charge on any atom is 0.254 e. The van der Waals surface area contributed by atoms with Crippen LogP contribution in [-0.4, -0.2) is 54.6 Å². The number of ether oxygens (including phenoxy) is 3. The van der Waals surface area contributed by atoms with Crippen LogP contribution >= 0.6 is 11.3 Å². The molecule has 0 N–H and O–H groups in total. The molecule has 2 amide bonds. The molecule has 36 heavy (non-hydrogen) atoms. The van der Waals surface area contributed by atoms with Gasteiger partial charge in [0.15, 0.2) is 11.5 Å². The number of fused-ring (bicyclic) bond motifs is 2. The molecule has 2 aliphatic heterocycles. The number of hydrogen-bond acceptors (Lipinski definition) is 6. The Balaban J connectivity index is 1.33. The summed E-state index contributed by atoms with van der Waals surface area (Å²) in [5.41, 5.74) is 2.71. The Kier molecular flexibility index (Phi) is 6.95. The Bertz CT molecular complexity index is 1270. The van der Waals surface area contributed by atoms with Crippen LogP contribution < -0.4 is 14.2 Å². The van der Waals surface area contributed by atoms with Crippen molar-refractivity contribution in [1.29, 1.82) is 0 Å². The Morgan fingerprint density at radius 1 is 1.17 bits per heavy atom. The van der Waals surface area contributed by atoms with E-state index in [9.17, 15) is 9.59 Å². The number of aryl methyl sites for hydroxylation is 1. The fourth-order valence-electron chi connectivity index (χ4n) is 4.53. The minimum absolute atomic E-state index is 0.0558. The van der Waals surface area contributed by atoms with Gasteiger partial charge in [0.1, 0.15) is 18.9 Å². The largest absolute Gasteiger partial charge is 0.491 e. The minimum atomic E-state index is -0.262. The van der Waals surface area contributed by atoms with E-state index in [0.29, 0.717) is 30.2 Å². The third-order valence-corrected chi connectivity index (χ3v) is 7.42. The van der Waals surface area contributed by atoms with E-state index in [4.69, 9.17) is 14.2 Å². The van der Waals surface area contributed by atoms with Crippen LogP contribution in [0.5, 0.6) is 17.2 Å². The van der Waals surface area contributed by atoms with Gasteiger partial charge in [-0.3, -0.25) is 9.59 Å². The average Bonchev–Trinajstić information content (AvgIpc) is 3.56. The van der Waals surface area contributed by atoms with Gasteiger partial charge in [-0.1, -0.05) is 23.8 Å². The van der Waals surface area contributed by atoms with Gasteiger partial charge < -0.3 is 24.0 Å². The zero-order valence-corrected chi connectivity index (χ0v) is 21.0. The van der Waals surface area contributed by atoms with Crippen LogP contribution in [0, 0.1) is 6.92 Å². The topological polar surface area (TPSA) is 68.3 Å². The van der Waals surface area contributed by atoms with Crippen LogP contribution in [0.3, 0.4) is 0 Å². The number of benzene rings is 2. The quantitative estimate of drug-likeness (QED) is 0.419. The van der Waals surface area contributed by atoms with Crippen molar-refractivity contribution in [2.24, 2.45) is 0 Å².